The van der Waals surface area contributed by atoms with Crippen LogP contribution in [0.15, 0.2) is 42.1 Å². The van der Waals surface area contributed by atoms with Gasteiger partial charge < -0.3 is 10.3 Å². The van der Waals surface area contributed by atoms with Crippen molar-refractivity contribution >= 4 is 28.2 Å². The van der Waals surface area contributed by atoms with Gasteiger partial charge >= 0.3 is 0 Å². The molecule has 0 bridgehead atoms. The van der Waals surface area contributed by atoms with Crippen LogP contribution >= 0.6 is 11.6 Å². The fourth-order valence-corrected chi connectivity index (χ4v) is 1.64. The van der Waals surface area contributed by atoms with Gasteiger partial charge in [0, 0.05) is 29.4 Å². The van der Waals surface area contributed by atoms with Crippen molar-refractivity contribution in [1.82, 2.24) is 4.57 Å². The second-order valence-corrected chi connectivity index (χ2v) is 3.36. The summed E-state index contributed by atoms with van der Waals surface area (Å²) < 4.78 is 2.10. The average Bonchev–Trinajstić information content (AvgIpc) is 2.60. The van der Waals surface area contributed by atoms with Crippen LogP contribution in [0.25, 0.3) is 10.9 Å². The highest BCUT2D eigenvalue weighted by molar-refractivity contribution is 6.25. The zero-order chi connectivity index (χ0) is 9.97. The molecule has 3 heteroatoms. The largest absolute Gasteiger partial charge is 0.398 e. The Balaban J connectivity index is 2.52. The lowest BCUT2D eigenvalue weighted by atomic mass is 10.2. The van der Waals surface area contributed by atoms with Crippen LogP contribution in [0.1, 0.15) is 0 Å². The molecule has 2 aromatic rings. The van der Waals surface area contributed by atoms with Gasteiger partial charge in [-0.1, -0.05) is 23.7 Å². The monoisotopic (exact) mass is 206 g/mol. The van der Waals surface area contributed by atoms with Gasteiger partial charge in [0.15, 0.2) is 0 Å². The summed E-state index contributed by atoms with van der Waals surface area (Å²) in [5.41, 5.74) is 9.32. The van der Waals surface area contributed by atoms with E-state index >= 15 is 0 Å². The maximum Gasteiger partial charge on any atom is 0.0504 e. The standard InChI is InChI=1S/C11H11ClN2/c12-6-2-7-14-8-5-9-10(13)3-1-4-11(9)14/h1-6,8H,7,13H2/b6-2+. The van der Waals surface area contributed by atoms with E-state index in [1.807, 2.05) is 36.5 Å². The maximum absolute atomic E-state index is 5.84. The van der Waals surface area contributed by atoms with E-state index in [-0.39, 0.29) is 0 Å². The Morgan fingerprint density at radius 3 is 3.00 bits per heavy atom. The number of benzene rings is 1. The predicted molar refractivity (Wildman–Crippen MR) is 61.3 cm³/mol. The van der Waals surface area contributed by atoms with Crippen molar-refractivity contribution in [1.29, 1.82) is 0 Å². The first-order valence-electron chi connectivity index (χ1n) is 4.41. The number of hydrogen-bond donors (Lipinski definition) is 1. The second kappa shape index (κ2) is 3.76. The van der Waals surface area contributed by atoms with E-state index < -0.39 is 0 Å². The van der Waals surface area contributed by atoms with E-state index in [1.165, 1.54) is 5.54 Å². The van der Waals surface area contributed by atoms with E-state index in [2.05, 4.69) is 4.57 Å². The van der Waals surface area contributed by atoms with Crippen molar-refractivity contribution in [3.8, 4) is 0 Å². The van der Waals surface area contributed by atoms with Crippen molar-refractivity contribution in [3.63, 3.8) is 0 Å². The summed E-state index contributed by atoms with van der Waals surface area (Å²) in [6.07, 6.45) is 3.90. The molecule has 0 radical (unpaired) electrons. The van der Waals surface area contributed by atoms with Gasteiger partial charge in [-0.2, -0.15) is 0 Å². The number of nitrogen functional groups attached to an aromatic ring is 1. The molecule has 1 aromatic heterocycles. The number of allylic oxidation sites excluding steroid dienone is 1. The van der Waals surface area contributed by atoms with E-state index in [0.29, 0.717) is 0 Å². The Kier molecular flexibility index (Phi) is 2.46. The second-order valence-electron chi connectivity index (χ2n) is 3.11. The lowest BCUT2D eigenvalue weighted by molar-refractivity contribution is 0.865. The number of nitrogens with two attached hydrogens (primary N) is 1. The first kappa shape index (κ1) is 9.16. The van der Waals surface area contributed by atoms with Crippen LogP contribution in [-0.4, -0.2) is 4.57 Å². The Morgan fingerprint density at radius 2 is 2.21 bits per heavy atom. The van der Waals surface area contributed by atoms with Gasteiger partial charge in [-0.25, -0.2) is 0 Å². The Hall–Kier alpha value is -1.41. The topological polar surface area (TPSA) is 30.9 Å². The van der Waals surface area contributed by atoms with E-state index in [0.717, 1.165) is 23.1 Å². The number of rotatable bonds is 2. The summed E-state index contributed by atoms with van der Waals surface area (Å²) in [7, 11) is 0. The quantitative estimate of drug-likeness (QED) is 0.753. The summed E-state index contributed by atoms with van der Waals surface area (Å²) in [5.74, 6) is 0. The number of fused-ring (bicyclic) bond motifs is 1. The maximum atomic E-state index is 5.84. The van der Waals surface area contributed by atoms with Crippen LogP contribution in [0, 0.1) is 0 Å². The van der Waals surface area contributed by atoms with Crippen molar-refractivity contribution < 1.29 is 0 Å². The molecule has 1 aromatic carbocycles. The Labute approximate surface area is 87.6 Å². The highest BCUT2D eigenvalue weighted by Gasteiger charge is 2.01. The Bertz CT molecular complexity index is 471. The molecule has 2 nitrogen and oxygen atoms in total. The highest BCUT2D eigenvalue weighted by atomic mass is 35.5. The molecule has 0 fully saturated rings. The molecular formula is C11H11ClN2. The van der Waals surface area contributed by atoms with Crippen LogP contribution in [-0.2, 0) is 6.54 Å². The molecule has 0 spiro atoms. The minimum absolute atomic E-state index is 0.774. The summed E-state index contributed by atoms with van der Waals surface area (Å²) in [5, 5.41) is 1.09. The van der Waals surface area contributed by atoms with Gasteiger partial charge in [-0.3, -0.25) is 0 Å². The lowest BCUT2D eigenvalue weighted by Crippen LogP contribution is -1.92. The summed E-state index contributed by atoms with van der Waals surface area (Å²) in [6.45, 7) is 0.774. The number of anilines is 1. The number of nitrogens with zero attached hydrogens (tertiary/aromatic N) is 1. The summed E-state index contributed by atoms with van der Waals surface area (Å²) in [6, 6.07) is 7.93. The minimum atomic E-state index is 0.774. The molecule has 0 aliphatic carbocycles. The van der Waals surface area contributed by atoms with Gasteiger partial charge in [0.2, 0.25) is 0 Å². The third kappa shape index (κ3) is 1.49. The molecule has 0 saturated carbocycles. The Morgan fingerprint density at radius 1 is 1.36 bits per heavy atom. The molecule has 14 heavy (non-hydrogen) atoms. The van der Waals surface area contributed by atoms with Crippen molar-refractivity contribution in [2.45, 2.75) is 6.54 Å². The van der Waals surface area contributed by atoms with Crippen molar-refractivity contribution in [2.75, 3.05) is 5.73 Å². The fourth-order valence-electron chi connectivity index (χ4n) is 1.56. The smallest absolute Gasteiger partial charge is 0.0504 e. The van der Waals surface area contributed by atoms with E-state index in [9.17, 15) is 0 Å². The molecule has 72 valence electrons. The van der Waals surface area contributed by atoms with Gasteiger partial charge in [-0.15, -0.1) is 0 Å². The molecular weight excluding hydrogens is 196 g/mol. The molecule has 0 aliphatic heterocycles. The molecule has 2 N–H and O–H groups in total. The van der Waals surface area contributed by atoms with Crippen LogP contribution in [0.5, 0.6) is 0 Å². The van der Waals surface area contributed by atoms with Crippen molar-refractivity contribution in [2.24, 2.45) is 0 Å². The predicted octanol–water partition coefficient (Wildman–Crippen LogP) is 2.98. The van der Waals surface area contributed by atoms with Crippen molar-refractivity contribution in [3.05, 3.63) is 42.1 Å². The summed E-state index contributed by atoms with van der Waals surface area (Å²) >= 11 is 5.48. The molecule has 0 aliphatic rings. The van der Waals surface area contributed by atoms with Gasteiger partial charge in [-0.05, 0) is 18.2 Å². The molecule has 0 amide bonds. The molecule has 2 rings (SSSR count). The van der Waals surface area contributed by atoms with Gasteiger partial charge in [0.1, 0.15) is 0 Å². The van der Waals surface area contributed by atoms with Gasteiger partial charge in [0.25, 0.3) is 0 Å². The van der Waals surface area contributed by atoms with Crippen LogP contribution in [0.4, 0.5) is 5.69 Å². The van der Waals surface area contributed by atoms with Crippen LogP contribution in [0.2, 0.25) is 0 Å². The highest BCUT2D eigenvalue weighted by Crippen LogP contribution is 2.21. The van der Waals surface area contributed by atoms with Crippen LogP contribution < -0.4 is 5.73 Å². The molecule has 0 unspecified atom stereocenters. The van der Waals surface area contributed by atoms with E-state index in [1.54, 1.807) is 0 Å². The fraction of sp³-hybridized carbons (Fsp3) is 0.0909. The minimum Gasteiger partial charge on any atom is -0.398 e. The summed E-state index contributed by atoms with van der Waals surface area (Å²) in [4.78, 5) is 0. The van der Waals surface area contributed by atoms with Crippen LogP contribution in [0.3, 0.4) is 0 Å². The van der Waals surface area contributed by atoms with Gasteiger partial charge in [0.05, 0.1) is 5.52 Å². The first-order chi connectivity index (χ1) is 6.83. The molecule has 0 saturated heterocycles. The SMILES string of the molecule is Nc1cccc2c1ccn2C/C=C/Cl. The normalized spacial score (nSPS) is 11.5. The third-order valence-corrected chi connectivity index (χ3v) is 2.42. The zero-order valence-corrected chi connectivity index (χ0v) is 8.41. The number of aromatic nitrogens is 1. The molecule has 1 heterocycles. The van der Waals surface area contributed by atoms with E-state index in [4.69, 9.17) is 17.3 Å². The average molecular weight is 207 g/mol. The molecule has 0 atom stereocenters. The lowest BCUT2D eigenvalue weighted by Gasteiger charge is -2.01. The number of hydrogen-bond acceptors (Lipinski definition) is 1. The zero-order valence-electron chi connectivity index (χ0n) is 7.65. The first-order valence-corrected chi connectivity index (χ1v) is 4.85. The third-order valence-electron chi connectivity index (χ3n) is 2.24. The number of halogens is 1.